The van der Waals surface area contributed by atoms with Crippen LogP contribution in [0.2, 0.25) is 0 Å². The molecule has 0 radical (unpaired) electrons. The highest BCUT2D eigenvalue weighted by Gasteiger charge is 2.22. The van der Waals surface area contributed by atoms with Crippen LogP contribution in [0.5, 0.6) is 0 Å². The molecule has 0 saturated heterocycles. The lowest BCUT2D eigenvalue weighted by atomic mass is 9.93. The fourth-order valence-electron chi connectivity index (χ4n) is 1.50. The van der Waals surface area contributed by atoms with E-state index in [1.165, 1.54) is 19.3 Å². The summed E-state index contributed by atoms with van der Waals surface area (Å²) >= 11 is 5.10. The van der Waals surface area contributed by atoms with Crippen LogP contribution >= 0.6 is 12.2 Å². The van der Waals surface area contributed by atoms with Crippen molar-refractivity contribution < 1.29 is 0 Å². The standard InChI is InChI=1S/C7H12N4S/c8-4-6-9-10-7(12)11(6)5-2-1-3-5/h5H,1-4,8H2,(H,10,12). The Kier molecular flexibility index (Phi) is 1.98. The third-order valence-electron chi connectivity index (χ3n) is 2.40. The molecular weight excluding hydrogens is 172 g/mol. The highest BCUT2D eigenvalue weighted by atomic mass is 32.1. The zero-order chi connectivity index (χ0) is 8.55. The minimum Gasteiger partial charge on any atom is -0.324 e. The molecule has 1 heterocycles. The van der Waals surface area contributed by atoms with Gasteiger partial charge in [-0.05, 0) is 31.5 Å². The third-order valence-corrected chi connectivity index (χ3v) is 2.69. The van der Waals surface area contributed by atoms with Crippen molar-refractivity contribution in [3.8, 4) is 0 Å². The van der Waals surface area contributed by atoms with Crippen LogP contribution < -0.4 is 5.73 Å². The lowest BCUT2D eigenvalue weighted by Gasteiger charge is -2.27. The topological polar surface area (TPSA) is 59.6 Å². The van der Waals surface area contributed by atoms with Gasteiger partial charge in [0.05, 0.1) is 6.54 Å². The van der Waals surface area contributed by atoms with Crippen LogP contribution in [0.3, 0.4) is 0 Å². The summed E-state index contributed by atoms with van der Waals surface area (Å²) in [6.07, 6.45) is 3.71. The molecule has 1 fully saturated rings. The first-order valence-corrected chi connectivity index (χ1v) is 4.59. The van der Waals surface area contributed by atoms with Gasteiger partial charge in [-0.1, -0.05) is 0 Å². The third kappa shape index (κ3) is 1.09. The molecule has 4 nitrogen and oxygen atoms in total. The number of hydrogen-bond acceptors (Lipinski definition) is 3. The average Bonchev–Trinajstić information content (AvgIpc) is 2.30. The molecule has 5 heteroatoms. The summed E-state index contributed by atoms with van der Waals surface area (Å²) in [5.41, 5.74) is 5.53. The van der Waals surface area contributed by atoms with Gasteiger partial charge in [0.1, 0.15) is 5.82 Å². The Morgan fingerprint density at radius 3 is 2.92 bits per heavy atom. The Bertz CT molecular complexity index is 322. The summed E-state index contributed by atoms with van der Waals surface area (Å²) in [6.45, 7) is 0.462. The van der Waals surface area contributed by atoms with Gasteiger partial charge in [0.2, 0.25) is 0 Å². The zero-order valence-electron chi connectivity index (χ0n) is 6.79. The fraction of sp³-hybridized carbons (Fsp3) is 0.714. The van der Waals surface area contributed by atoms with Crippen LogP contribution in [0.4, 0.5) is 0 Å². The minimum absolute atomic E-state index is 0.462. The predicted molar refractivity (Wildman–Crippen MR) is 48.2 cm³/mol. The fourth-order valence-corrected chi connectivity index (χ4v) is 1.80. The van der Waals surface area contributed by atoms with Crippen molar-refractivity contribution in [1.82, 2.24) is 14.8 Å². The number of H-pyrrole nitrogens is 1. The number of rotatable bonds is 2. The maximum absolute atomic E-state index is 5.53. The van der Waals surface area contributed by atoms with E-state index in [9.17, 15) is 0 Å². The van der Waals surface area contributed by atoms with Crippen molar-refractivity contribution in [3.63, 3.8) is 0 Å². The zero-order valence-corrected chi connectivity index (χ0v) is 7.60. The van der Waals surface area contributed by atoms with Gasteiger partial charge in [0.25, 0.3) is 0 Å². The second-order valence-electron chi connectivity index (χ2n) is 3.10. The highest BCUT2D eigenvalue weighted by Crippen LogP contribution is 2.32. The van der Waals surface area contributed by atoms with Crippen molar-refractivity contribution in [2.24, 2.45) is 5.73 Å². The monoisotopic (exact) mass is 184 g/mol. The Morgan fingerprint density at radius 2 is 2.42 bits per heavy atom. The van der Waals surface area contributed by atoms with Gasteiger partial charge in [-0.2, -0.15) is 5.10 Å². The van der Waals surface area contributed by atoms with Crippen molar-refractivity contribution in [3.05, 3.63) is 10.6 Å². The maximum Gasteiger partial charge on any atom is 0.195 e. The van der Waals surface area contributed by atoms with E-state index in [2.05, 4.69) is 14.8 Å². The molecule has 12 heavy (non-hydrogen) atoms. The molecule has 0 atom stereocenters. The lowest BCUT2D eigenvalue weighted by Crippen LogP contribution is -2.20. The first-order chi connectivity index (χ1) is 5.83. The molecular formula is C7H12N4S. The van der Waals surface area contributed by atoms with E-state index in [1.807, 2.05) is 0 Å². The molecule has 2 rings (SSSR count). The average molecular weight is 184 g/mol. The van der Waals surface area contributed by atoms with E-state index in [-0.39, 0.29) is 0 Å². The van der Waals surface area contributed by atoms with Gasteiger partial charge in [0, 0.05) is 6.04 Å². The molecule has 1 aliphatic carbocycles. The molecule has 1 aromatic heterocycles. The number of nitrogens with one attached hydrogen (secondary N) is 1. The largest absolute Gasteiger partial charge is 0.324 e. The van der Waals surface area contributed by atoms with Crippen LogP contribution in [-0.2, 0) is 6.54 Å². The summed E-state index contributed by atoms with van der Waals surface area (Å²) in [6, 6.07) is 0.551. The van der Waals surface area contributed by atoms with Gasteiger partial charge in [-0.15, -0.1) is 0 Å². The number of aromatic nitrogens is 3. The van der Waals surface area contributed by atoms with Crippen molar-refractivity contribution in [2.75, 3.05) is 0 Å². The summed E-state index contributed by atoms with van der Waals surface area (Å²) in [7, 11) is 0. The van der Waals surface area contributed by atoms with Gasteiger partial charge >= 0.3 is 0 Å². The normalized spacial score (nSPS) is 17.8. The molecule has 1 aromatic rings. The number of aromatic amines is 1. The van der Waals surface area contributed by atoms with Crippen LogP contribution in [0, 0.1) is 4.77 Å². The van der Waals surface area contributed by atoms with E-state index >= 15 is 0 Å². The first kappa shape index (κ1) is 7.94. The molecule has 0 bridgehead atoms. The highest BCUT2D eigenvalue weighted by molar-refractivity contribution is 7.71. The van der Waals surface area contributed by atoms with Gasteiger partial charge in [-0.3, -0.25) is 9.67 Å². The van der Waals surface area contributed by atoms with Gasteiger partial charge < -0.3 is 5.73 Å². The Balaban J connectivity index is 2.38. The second kappa shape index (κ2) is 2.99. The molecule has 0 amide bonds. The number of hydrogen-bond donors (Lipinski definition) is 2. The molecule has 66 valence electrons. The van der Waals surface area contributed by atoms with Gasteiger partial charge in [0.15, 0.2) is 4.77 Å². The molecule has 3 N–H and O–H groups in total. The van der Waals surface area contributed by atoms with Gasteiger partial charge in [-0.25, -0.2) is 0 Å². The van der Waals surface area contributed by atoms with E-state index in [0.29, 0.717) is 17.4 Å². The lowest BCUT2D eigenvalue weighted by molar-refractivity contribution is 0.303. The number of nitrogens with two attached hydrogens (primary N) is 1. The molecule has 0 aliphatic heterocycles. The smallest absolute Gasteiger partial charge is 0.195 e. The van der Waals surface area contributed by atoms with E-state index < -0.39 is 0 Å². The summed E-state index contributed by atoms with van der Waals surface area (Å²) in [5, 5.41) is 6.83. The van der Waals surface area contributed by atoms with Crippen LogP contribution in [0.25, 0.3) is 0 Å². The minimum atomic E-state index is 0.462. The Labute approximate surface area is 75.8 Å². The quantitative estimate of drug-likeness (QED) is 0.677. The first-order valence-electron chi connectivity index (χ1n) is 4.19. The summed E-state index contributed by atoms with van der Waals surface area (Å²) in [4.78, 5) is 0. The summed E-state index contributed by atoms with van der Waals surface area (Å²) < 4.78 is 2.76. The van der Waals surface area contributed by atoms with E-state index in [0.717, 1.165) is 5.82 Å². The van der Waals surface area contributed by atoms with E-state index in [4.69, 9.17) is 18.0 Å². The Hall–Kier alpha value is -0.680. The molecule has 1 aliphatic rings. The van der Waals surface area contributed by atoms with Crippen LogP contribution in [0.15, 0.2) is 0 Å². The van der Waals surface area contributed by atoms with Crippen LogP contribution in [-0.4, -0.2) is 14.8 Å². The maximum atomic E-state index is 5.53. The second-order valence-corrected chi connectivity index (χ2v) is 3.49. The van der Waals surface area contributed by atoms with E-state index in [1.54, 1.807) is 0 Å². The summed E-state index contributed by atoms with van der Waals surface area (Å²) in [5.74, 6) is 0.879. The van der Waals surface area contributed by atoms with Crippen LogP contribution in [0.1, 0.15) is 31.1 Å². The Morgan fingerprint density at radius 1 is 1.67 bits per heavy atom. The number of nitrogens with zero attached hydrogens (tertiary/aromatic N) is 2. The molecule has 0 aromatic carbocycles. The molecule has 0 unspecified atom stereocenters. The SMILES string of the molecule is NCc1n[nH]c(=S)n1C1CCC1. The predicted octanol–water partition coefficient (Wildman–Crippen LogP) is 1.12. The van der Waals surface area contributed by atoms with Crippen molar-refractivity contribution in [1.29, 1.82) is 0 Å². The molecule has 1 saturated carbocycles. The van der Waals surface area contributed by atoms with Crippen molar-refractivity contribution in [2.45, 2.75) is 31.8 Å². The van der Waals surface area contributed by atoms with Crippen molar-refractivity contribution >= 4 is 12.2 Å². The molecule has 0 spiro atoms.